The third-order valence-corrected chi connectivity index (χ3v) is 5.97. The lowest BCUT2D eigenvalue weighted by Crippen LogP contribution is -2.21. The molecule has 5 rings (SSSR count). The fourth-order valence-electron chi connectivity index (χ4n) is 3.90. The Kier molecular flexibility index (Phi) is 7.74. The van der Waals surface area contributed by atoms with Crippen molar-refractivity contribution < 1.29 is 32.3 Å². The van der Waals surface area contributed by atoms with Crippen LogP contribution in [0.5, 0.6) is 0 Å². The van der Waals surface area contributed by atoms with E-state index in [-0.39, 0.29) is 11.7 Å². The molecule has 1 aliphatic heterocycles. The number of nitrogens with zero attached hydrogens (tertiary/aromatic N) is 4. The molecule has 3 aromatic rings. The quantitative estimate of drug-likeness (QED) is 0.446. The number of benzene rings is 1. The van der Waals surface area contributed by atoms with Crippen LogP contribution in [0.15, 0.2) is 48.9 Å². The first-order chi connectivity index (χ1) is 17.6. The minimum Gasteiger partial charge on any atom is -0.475 e. The van der Waals surface area contributed by atoms with Crippen molar-refractivity contribution in [2.45, 2.75) is 38.4 Å². The monoisotopic (exact) mass is 519 g/mol. The summed E-state index contributed by atoms with van der Waals surface area (Å²) in [7, 11) is 0. The highest BCUT2D eigenvalue weighted by atomic mass is 19.4. The Balaban J connectivity index is 0.000000405. The summed E-state index contributed by atoms with van der Waals surface area (Å²) in [5.74, 6) is -2.01. The van der Waals surface area contributed by atoms with Gasteiger partial charge >= 0.3 is 12.1 Å². The topological polar surface area (TPSA) is 100 Å². The molecule has 1 amide bonds. The summed E-state index contributed by atoms with van der Waals surface area (Å²) in [6.45, 7) is 2.81. The lowest BCUT2D eigenvalue weighted by atomic mass is 10.2. The largest absolute Gasteiger partial charge is 0.490 e. The number of carbonyl (C=O) groups is 2. The molecule has 37 heavy (non-hydrogen) atoms. The normalized spacial score (nSPS) is 15.2. The standard InChI is InChI=1S/C23H24FN5O.C2HF3O2/c24-19-4-3-5-20(11-19)27-22(30)21-10-17(15-29(21)14-16-6-7-16)18-12-25-23(26-13-18)28-8-1-2-9-28;3-2(4,5)1(6)7/h3-5,10-13,15-16H,1-2,6-9,14H2,(H,27,30);(H,6,7). The van der Waals surface area contributed by atoms with E-state index in [1.165, 1.54) is 37.8 Å². The maximum absolute atomic E-state index is 13.5. The lowest BCUT2D eigenvalue weighted by molar-refractivity contribution is -0.192. The summed E-state index contributed by atoms with van der Waals surface area (Å²) >= 11 is 0. The zero-order valence-corrected chi connectivity index (χ0v) is 19.7. The van der Waals surface area contributed by atoms with Crippen molar-refractivity contribution in [3.63, 3.8) is 0 Å². The van der Waals surface area contributed by atoms with Crippen molar-refractivity contribution in [2.75, 3.05) is 23.3 Å². The number of aliphatic carboxylic acids is 1. The number of rotatable bonds is 6. The Bertz CT molecular complexity index is 1250. The molecule has 1 aliphatic carbocycles. The summed E-state index contributed by atoms with van der Waals surface area (Å²) in [6, 6.07) is 7.80. The number of nitrogens with one attached hydrogen (secondary N) is 1. The van der Waals surface area contributed by atoms with Crippen molar-refractivity contribution in [1.29, 1.82) is 0 Å². The molecule has 2 fully saturated rings. The molecule has 2 aromatic heterocycles. The van der Waals surface area contributed by atoms with E-state index in [1.54, 1.807) is 12.1 Å². The van der Waals surface area contributed by atoms with Crippen LogP contribution in [0, 0.1) is 11.7 Å². The highest BCUT2D eigenvalue weighted by molar-refractivity contribution is 6.04. The zero-order valence-electron chi connectivity index (χ0n) is 19.7. The van der Waals surface area contributed by atoms with Crippen molar-refractivity contribution in [1.82, 2.24) is 14.5 Å². The van der Waals surface area contributed by atoms with Gasteiger partial charge in [0.1, 0.15) is 11.5 Å². The average Bonchev–Trinajstić information content (AvgIpc) is 3.31. The molecule has 1 aromatic carbocycles. The van der Waals surface area contributed by atoms with Gasteiger partial charge in [0.15, 0.2) is 0 Å². The Hall–Kier alpha value is -3.96. The molecule has 2 N–H and O–H groups in total. The molecular formula is C25H25F4N5O3. The molecule has 196 valence electrons. The van der Waals surface area contributed by atoms with E-state index in [2.05, 4.69) is 20.2 Å². The first kappa shape index (κ1) is 26.1. The molecule has 0 radical (unpaired) electrons. The summed E-state index contributed by atoms with van der Waals surface area (Å²) in [5, 5.41) is 9.93. The number of carboxylic acid groups (broad SMARTS) is 1. The van der Waals surface area contributed by atoms with Gasteiger partial charge in [-0.25, -0.2) is 19.2 Å². The molecule has 12 heteroatoms. The molecule has 1 saturated heterocycles. The average molecular weight is 519 g/mol. The third kappa shape index (κ3) is 7.05. The van der Waals surface area contributed by atoms with E-state index >= 15 is 0 Å². The molecule has 0 atom stereocenters. The highest BCUT2D eigenvalue weighted by Gasteiger charge is 2.38. The van der Waals surface area contributed by atoms with E-state index in [0.29, 0.717) is 17.3 Å². The fourth-order valence-corrected chi connectivity index (χ4v) is 3.90. The van der Waals surface area contributed by atoms with E-state index in [9.17, 15) is 22.4 Å². The van der Waals surface area contributed by atoms with Crippen LogP contribution >= 0.6 is 0 Å². The Morgan fingerprint density at radius 3 is 2.27 bits per heavy atom. The van der Waals surface area contributed by atoms with Gasteiger partial charge in [0, 0.05) is 55.0 Å². The predicted molar refractivity (Wildman–Crippen MR) is 128 cm³/mol. The van der Waals surface area contributed by atoms with Crippen LogP contribution in [0.1, 0.15) is 36.2 Å². The Morgan fingerprint density at radius 1 is 1.05 bits per heavy atom. The number of alkyl halides is 3. The Labute approximate surface area is 210 Å². The minimum atomic E-state index is -5.08. The maximum atomic E-state index is 13.5. The van der Waals surface area contributed by atoms with E-state index in [1.807, 2.05) is 29.2 Å². The van der Waals surface area contributed by atoms with Gasteiger partial charge in [-0.15, -0.1) is 0 Å². The number of anilines is 2. The van der Waals surface area contributed by atoms with Crippen LogP contribution in [0.2, 0.25) is 0 Å². The third-order valence-electron chi connectivity index (χ3n) is 5.97. The van der Waals surface area contributed by atoms with Gasteiger partial charge in [-0.1, -0.05) is 6.07 Å². The van der Waals surface area contributed by atoms with Crippen molar-refractivity contribution in [2.24, 2.45) is 5.92 Å². The van der Waals surface area contributed by atoms with Gasteiger partial charge in [-0.3, -0.25) is 4.79 Å². The molecule has 3 heterocycles. The summed E-state index contributed by atoms with van der Waals surface area (Å²) in [6.07, 6.45) is 5.29. The van der Waals surface area contributed by atoms with Gasteiger partial charge in [-0.05, 0) is 55.9 Å². The zero-order chi connectivity index (χ0) is 26.6. The van der Waals surface area contributed by atoms with Crippen LogP contribution in [0.4, 0.5) is 29.2 Å². The van der Waals surface area contributed by atoms with E-state index < -0.39 is 12.1 Å². The number of amides is 1. The second-order valence-corrected chi connectivity index (χ2v) is 8.94. The van der Waals surface area contributed by atoms with Crippen LogP contribution < -0.4 is 10.2 Å². The SMILES string of the molecule is O=C(Nc1cccc(F)c1)c1cc(-c2cnc(N3CCCC3)nc2)cn1CC1CC1.O=C(O)C(F)(F)F. The number of hydrogen-bond acceptors (Lipinski definition) is 5. The molecule has 0 unspecified atom stereocenters. The molecular weight excluding hydrogens is 494 g/mol. The summed E-state index contributed by atoms with van der Waals surface area (Å²) in [5.41, 5.74) is 2.80. The second kappa shape index (κ2) is 11.0. The van der Waals surface area contributed by atoms with Gasteiger partial charge in [-0.2, -0.15) is 13.2 Å². The second-order valence-electron chi connectivity index (χ2n) is 8.94. The Morgan fingerprint density at radius 2 is 1.70 bits per heavy atom. The minimum absolute atomic E-state index is 0.248. The number of carbonyl (C=O) groups excluding carboxylic acids is 1. The van der Waals surface area contributed by atoms with Crippen molar-refractivity contribution in [3.8, 4) is 11.1 Å². The lowest BCUT2D eigenvalue weighted by Gasteiger charge is -2.14. The van der Waals surface area contributed by atoms with E-state index in [4.69, 9.17) is 9.90 Å². The summed E-state index contributed by atoms with van der Waals surface area (Å²) < 4.78 is 47.2. The molecule has 0 bridgehead atoms. The maximum Gasteiger partial charge on any atom is 0.490 e. The highest BCUT2D eigenvalue weighted by Crippen LogP contribution is 2.33. The van der Waals surface area contributed by atoms with E-state index in [0.717, 1.165) is 36.7 Å². The van der Waals surface area contributed by atoms with Crippen molar-refractivity contribution in [3.05, 3.63) is 60.4 Å². The van der Waals surface area contributed by atoms with Crippen molar-refractivity contribution >= 4 is 23.5 Å². The van der Waals surface area contributed by atoms with Gasteiger partial charge < -0.3 is 19.9 Å². The number of halogens is 4. The van der Waals surface area contributed by atoms with Crippen LogP contribution in [0.3, 0.4) is 0 Å². The predicted octanol–water partition coefficient (Wildman–Crippen LogP) is 4.98. The number of hydrogen-bond donors (Lipinski definition) is 2. The molecule has 8 nitrogen and oxygen atoms in total. The van der Waals surface area contributed by atoms with Gasteiger partial charge in [0.2, 0.25) is 5.95 Å². The number of aromatic nitrogens is 3. The molecule has 0 spiro atoms. The summed E-state index contributed by atoms with van der Waals surface area (Å²) in [4.78, 5) is 33.1. The molecule has 2 aliphatic rings. The van der Waals surface area contributed by atoms with Crippen LogP contribution in [0.25, 0.3) is 11.1 Å². The molecule has 1 saturated carbocycles. The first-order valence-electron chi connectivity index (χ1n) is 11.7. The van der Waals surface area contributed by atoms with Crippen LogP contribution in [-0.4, -0.2) is 50.8 Å². The first-order valence-corrected chi connectivity index (χ1v) is 11.7. The van der Waals surface area contributed by atoms with Gasteiger partial charge in [0.25, 0.3) is 5.91 Å². The number of carboxylic acids is 1. The fraction of sp³-hybridized carbons (Fsp3) is 0.360. The van der Waals surface area contributed by atoms with Crippen LogP contribution in [-0.2, 0) is 11.3 Å². The van der Waals surface area contributed by atoms with Gasteiger partial charge in [0.05, 0.1) is 0 Å². The smallest absolute Gasteiger partial charge is 0.475 e.